The van der Waals surface area contributed by atoms with Crippen LogP contribution in [0.5, 0.6) is 0 Å². The fraction of sp³-hybridized carbons (Fsp3) is 0.217. The third-order valence-electron chi connectivity index (χ3n) is 4.76. The van der Waals surface area contributed by atoms with E-state index in [4.69, 9.17) is 9.26 Å². The minimum absolute atomic E-state index is 0.0450. The first-order valence-corrected chi connectivity index (χ1v) is 10.6. The molecule has 0 bridgehead atoms. The Kier molecular flexibility index (Phi) is 5.81. The van der Waals surface area contributed by atoms with Crippen molar-refractivity contribution in [2.24, 2.45) is 0 Å². The van der Waals surface area contributed by atoms with Gasteiger partial charge in [0.2, 0.25) is 5.91 Å². The summed E-state index contributed by atoms with van der Waals surface area (Å²) in [6, 6.07) is 13.4. The Morgan fingerprint density at radius 1 is 1.13 bits per heavy atom. The molecule has 0 spiro atoms. The first-order valence-electron chi connectivity index (χ1n) is 9.74. The van der Waals surface area contributed by atoms with Crippen molar-refractivity contribution in [3.05, 3.63) is 75.4 Å². The second kappa shape index (κ2) is 8.69. The topological polar surface area (TPSA) is 94.3 Å². The molecule has 0 aliphatic carbocycles. The molecule has 7 nitrogen and oxygen atoms in total. The number of anilines is 1. The summed E-state index contributed by atoms with van der Waals surface area (Å²) < 4.78 is 10.7. The van der Waals surface area contributed by atoms with Gasteiger partial charge in [0, 0.05) is 5.39 Å². The molecule has 4 rings (SSSR count). The van der Waals surface area contributed by atoms with Crippen LogP contribution in [0.4, 0.5) is 5.13 Å². The molecule has 158 valence electrons. The fourth-order valence-corrected chi connectivity index (χ4v) is 4.26. The Labute approximate surface area is 183 Å². The van der Waals surface area contributed by atoms with Gasteiger partial charge in [-0.3, -0.25) is 4.79 Å². The summed E-state index contributed by atoms with van der Waals surface area (Å²) in [5.41, 5.74) is 4.72. The van der Waals surface area contributed by atoms with Crippen LogP contribution >= 0.6 is 11.3 Å². The minimum Gasteiger partial charge on any atom is -0.457 e. The predicted molar refractivity (Wildman–Crippen MR) is 118 cm³/mol. The number of aryl methyl sites for hydroxylation is 3. The van der Waals surface area contributed by atoms with Crippen LogP contribution in [0.2, 0.25) is 0 Å². The van der Waals surface area contributed by atoms with Crippen molar-refractivity contribution in [1.82, 2.24) is 10.1 Å². The van der Waals surface area contributed by atoms with Crippen LogP contribution < -0.4 is 5.32 Å². The average Bonchev–Trinajstić information content (AvgIpc) is 3.30. The van der Waals surface area contributed by atoms with E-state index in [1.807, 2.05) is 56.3 Å². The molecule has 0 fully saturated rings. The number of hydrogen-bond acceptors (Lipinski definition) is 7. The zero-order valence-corrected chi connectivity index (χ0v) is 18.2. The van der Waals surface area contributed by atoms with Gasteiger partial charge in [-0.1, -0.05) is 52.9 Å². The Balaban J connectivity index is 1.42. The van der Waals surface area contributed by atoms with E-state index in [-0.39, 0.29) is 18.9 Å². The molecule has 0 aliphatic heterocycles. The lowest BCUT2D eigenvalue weighted by Crippen LogP contribution is -2.14. The number of fused-ring (bicyclic) bond motifs is 1. The number of amides is 1. The van der Waals surface area contributed by atoms with Crippen molar-refractivity contribution < 1.29 is 18.8 Å². The van der Waals surface area contributed by atoms with Gasteiger partial charge in [-0.2, -0.15) is 0 Å². The second-order valence-corrected chi connectivity index (χ2v) is 8.30. The van der Waals surface area contributed by atoms with E-state index in [0.717, 1.165) is 33.4 Å². The zero-order chi connectivity index (χ0) is 22.0. The van der Waals surface area contributed by atoms with Gasteiger partial charge in [0.15, 0.2) is 10.7 Å². The number of aromatic nitrogens is 2. The van der Waals surface area contributed by atoms with Crippen molar-refractivity contribution in [3.63, 3.8) is 0 Å². The van der Waals surface area contributed by atoms with Crippen molar-refractivity contribution >= 4 is 39.3 Å². The van der Waals surface area contributed by atoms with Crippen molar-refractivity contribution in [2.45, 2.75) is 33.8 Å². The molecule has 0 saturated carbocycles. The second-order valence-electron chi connectivity index (χ2n) is 7.30. The molecule has 8 heteroatoms. The lowest BCUT2D eigenvalue weighted by atomic mass is 10.0. The summed E-state index contributed by atoms with van der Waals surface area (Å²) in [6.45, 7) is 5.83. The molecule has 2 aromatic heterocycles. The number of carbonyl (C=O) groups excluding carboxylic acids is 2. The molecule has 2 heterocycles. The normalized spacial score (nSPS) is 10.9. The standard InChI is InChI=1S/C23H21N3O4S/c1-13-9-14(2)20-17(26-30-18(20)10-13)11-19(27)25-23-24-15(3)21(31-23)22(28)29-12-16-7-5-4-6-8-16/h4-10H,11-12H2,1-3H3,(H,24,25,27). The van der Waals surface area contributed by atoms with Crippen LogP contribution in [0, 0.1) is 20.8 Å². The van der Waals surface area contributed by atoms with Gasteiger partial charge in [-0.05, 0) is 43.5 Å². The smallest absolute Gasteiger partial charge is 0.350 e. The number of carbonyl (C=O) groups is 2. The lowest BCUT2D eigenvalue weighted by molar-refractivity contribution is -0.115. The number of rotatable bonds is 6. The molecule has 0 radical (unpaired) electrons. The van der Waals surface area contributed by atoms with Crippen molar-refractivity contribution in [3.8, 4) is 0 Å². The number of esters is 1. The molecule has 0 saturated heterocycles. The van der Waals surface area contributed by atoms with Crippen molar-refractivity contribution in [2.75, 3.05) is 5.32 Å². The third-order valence-corrected chi connectivity index (χ3v) is 5.81. The average molecular weight is 436 g/mol. The van der Waals surface area contributed by atoms with Gasteiger partial charge in [0.25, 0.3) is 0 Å². The monoisotopic (exact) mass is 435 g/mol. The van der Waals surface area contributed by atoms with Gasteiger partial charge in [-0.15, -0.1) is 0 Å². The molecule has 1 N–H and O–H groups in total. The maximum Gasteiger partial charge on any atom is 0.350 e. The summed E-state index contributed by atoms with van der Waals surface area (Å²) in [5.74, 6) is -0.749. The van der Waals surface area contributed by atoms with E-state index in [2.05, 4.69) is 15.5 Å². The Bertz CT molecular complexity index is 1260. The van der Waals surface area contributed by atoms with Gasteiger partial charge >= 0.3 is 5.97 Å². The molecule has 4 aromatic rings. The van der Waals surface area contributed by atoms with Crippen LogP contribution in [0.15, 0.2) is 47.0 Å². The highest BCUT2D eigenvalue weighted by atomic mass is 32.1. The Morgan fingerprint density at radius 2 is 1.90 bits per heavy atom. The largest absolute Gasteiger partial charge is 0.457 e. The summed E-state index contributed by atoms with van der Waals surface area (Å²) in [5, 5.41) is 7.99. The van der Waals surface area contributed by atoms with E-state index >= 15 is 0 Å². The molecule has 2 aromatic carbocycles. The van der Waals surface area contributed by atoms with Gasteiger partial charge in [-0.25, -0.2) is 9.78 Å². The number of hydrogen-bond donors (Lipinski definition) is 1. The van der Waals surface area contributed by atoms with Crippen molar-refractivity contribution in [1.29, 1.82) is 0 Å². The highest BCUT2D eigenvalue weighted by molar-refractivity contribution is 7.17. The van der Waals surface area contributed by atoms with E-state index in [0.29, 0.717) is 27.0 Å². The summed E-state index contributed by atoms with van der Waals surface area (Å²) in [4.78, 5) is 29.6. The highest BCUT2D eigenvalue weighted by Crippen LogP contribution is 2.26. The molecule has 31 heavy (non-hydrogen) atoms. The highest BCUT2D eigenvalue weighted by Gasteiger charge is 2.20. The summed E-state index contributed by atoms with van der Waals surface area (Å²) in [7, 11) is 0. The predicted octanol–water partition coefficient (Wildman–Crippen LogP) is 4.75. The van der Waals surface area contributed by atoms with Gasteiger partial charge < -0.3 is 14.6 Å². The van der Waals surface area contributed by atoms with Crippen LogP contribution in [-0.2, 0) is 22.6 Å². The number of ether oxygens (including phenoxy) is 1. The molecular weight excluding hydrogens is 414 g/mol. The molecular formula is C23H21N3O4S. The lowest BCUT2D eigenvalue weighted by Gasteiger charge is -2.03. The van der Waals surface area contributed by atoms with E-state index in [1.165, 1.54) is 0 Å². The Hall–Kier alpha value is -3.52. The first-order chi connectivity index (χ1) is 14.9. The summed E-state index contributed by atoms with van der Waals surface area (Å²) in [6.07, 6.45) is 0.0450. The van der Waals surface area contributed by atoms with Crippen LogP contribution in [0.25, 0.3) is 11.0 Å². The van der Waals surface area contributed by atoms with E-state index < -0.39 is 5.97 Å². The van der Waals surface area contributed by atoms with E-state index in [1.54, 1.807) is 6.92 Å². The number of thiazole rings is 1. The first kappa shape index (κ1) is 20.7. The van der Waals surface area contributed by atoms with Crippen LogP contribution in [0.1, 0.15) is 37.7 Å². The zero-order valence-electron chi connectivity index (χ0n) is 17.4. The summed E-state index contributed by atoms with van der Waals surface area (Å²) >= 11 is 1.09. The fourth-order valence-electron chi connectivity index (χ4n) is 3.38. The molecule has 0 atom stereocenters. The quantitative estimate of drug-likeness (QED) is 0.439. The van der Waals surface area contributed by atoms with E-state index in [9.17, 15) is 9.59 Å². The maximum atomic E-state index is 12.6. The number of nitrogens with zero attached hydrogens (tertiary/aromatic N) is 2. The Morgan fingerprint density at radius 3 is 2.68 bits per heavy atom. The number of nitrogens with one attached hydrogen (secondary N) is 1. The molecule has 0 unspecified atom stereocenters. The van der Waals surface area contributed by atoms with Gasteiger partial charge in [0.1, 0.15) is 17.2 Å². The number of benzene rings is 2. The SMILES string of the molecule is Cc1cc(C)c2c(CC(=O)Nc3nc(C)c(C(=O)OCc4ccccc4)s3)noc2c1. The maximum absolute atomic E-state index is 12.6. The minimum atomic E-state index is -0.465. The molecule has 1 amide bonds. The van der Waals surface area contributed by atoms with Gasteiger partial charge in [0.05, 0.1) is 12.1 Å². The third kappa shape index (κ3) is 4.64. The molecule has 0 aliphatic rings. The van der Waals surface area contributed by atoms with Crippen LogP contribution in [-0.4, -0.2) is 22.0 Å². The van der Waals surface area contributed by atoms with Crippen LogP contribution in [0.3, 0.4) is 0 Å².